The maximum atomic E-state index is 6.05. The second-order valence-corrected chi connectivity index (χ2v) is 8.15. The van der Waals surface area contributed by atoms with Crippen molar-refractivity contribution >= 4 is 41.3 Å². The highest BCUT2D eigenvalue weighted by Gasteiger charge is 2.22. The van der Waals surface area contributed by atoms with Crippen molar-refractivity contribution in [1.29, 1.82) is 0 Å². The highest BCUT2D eigenvalue weighted by Crippen LogP contribution is 2.30. The molecule has 154 valence electrons. The number of nitrogens with zero attached hydrogens (tertiary/aromatic N) is 2. The molecule has 0 atom stereocenters. The number of thiazole rings is 1. The molecule has 0 spiro atoms. The molecule has 0 saturated heterocycles. The van der Waals surface area contributed by atoms with E-state index in [0.717, 1.165) is 49.3 Å². The van der Waals surface area contributed by atoms with E-state index < -0.39 is 0 Å². The molecule has 0 unspecified atom stereocenters. The quantitative estimate of drug-likeness (QED) is 0.225. The summed E-state index contributed by atoms with van der Waals surface area (Å²) in [5.41, 5.74) is 3.50. The van der Waals surface area contributed by atoms with Gasteiger partial charge in [-0.1, -0.05) is 12.1 Å². The topological polar surface area (TPSA) is 58.5 Å². The summed E-state index contributed by atoms with van der Waals surface area (Å²) in [5.74, 6) is 2.56. The molecule has 7 heteroatoms. The van der Waals surface area contributed by atoms with Crippen molar-refractivity contribution in [3.63, 3.8) is 0 Å². The van der Waals surface area contributed by atoms with Gasteiger partial charge >= 0.3 is 0 Å². The van der Waals surface area contributed by atoms with E-state index in [4.69, 9.17) is 4.74 Å². The molecule has 3 rings (SSSR count). The van der Waals surface area contributed by atoms with Crippen LogP contribution in [0.1, 0.15) is 41.1 Å². The minimum atomic E-state index is 0. The zero-order chi connectivity index (χ0) is 19.1. The van der Waals surface area contributed by atoms with Crippen molar-refractivity contribution in [2.75, 3.05) is 20.2 Å². The van der Waals surface area contributed by atoms with Crippen LogP contribution in [0.15, 0.2) is 28.6 Å². The standard InChI is InChI=1S/C21H30N4OS.HI/c1-15-6-9-18(19(11-15)26-13-17-7-8-17)12-24-21(22-3)23-10-4-5-20-25-16(2)14-27-20;/h6,9,11,14,17H,4-5,7-8,10,12-13H2,1-3H3,(H2,22,23,24);1H. The molecule has 1 aromatic carbocycles. The molecule has 1 aliphatic rings. The Hall–Kier alpha value is -1.35. The van der Waals surface area contributed by atoms with Crippen molar-refractivity contribution in [2.45, 2.75) is 46.1 Å². The first kappa shape index (κ1) is 22.9. The SMILES string of the molecule is CN=C(NCCCc1nc(C)cs1)NCc1ccc(C)cc1OCC1CC1.I. The van der Waals surface area contributed by atoms with Crippen LogP contribution in [0.5, 0.6) is 5.75 Å². The minimum Gasteiger partial charge on any atom is -0.493 e. The molecule has 1 saturated carbocycles. The van der Waals surface area contributed by atoms with Gasteiger partial charge in [0.25, 0.3) is 0 Å². The number of aryl methyl sites for hydroxylation is 3. The Morgan fingerprint density at radius 1 is 1.29 bits per heavy atom. The van der Waals surface area contributed by atoms with Crippen LogP contribution in [0, 0.1) is 19.8 Å². The van der Waals surface area contributed by atoms with Gasteiger partial charge in [0.1, 0.15) is 5.75 Å². The molecular weight excluding hydrogens is 483 g/mol. The van der Waals surface area contributed by atoms with Gasteiger partial charge in [0.2, 0.25) is 0 Å². The summed E-state index contributed by atoms with van der Waals surface area (Å²) in [5, 5.41) is 10.1. The molecular formula is C21H31IN4OS. The van der Waals surface area contributed by atoms with Crippen LogP contribution in [-0.4, -0.2) is 31.1 Å². The third-order valence-corrected chi connectivity index (χ3v) is 5.62. The Morgan fingerprint density at radius 2 is 2.11 bits per heavy atom. The van der Waals surface area contributed by atoms with Crippen molar-refractivity contribution in [3.8, 4) is 5.75 Å². The van der Waals surface area contributed by atoms with Gasteiger partial charge in [-0.3, -0.25) is 4.99 Å². The lowest BCUT2D eigenvalue weighted by Crippen LogP contribution is -2.37. The predicted octanol–water partition coefficient (Wildman–Crippen LogP) is 4.46. The van der Waals surface area contributed by atoms with Gasteiger partial charge in [-0.25, -0.2) is 4.98 Å². The second kappa shape index (κ2) is 11.6. The zero-order valence-corrected chi connectivity index (χ0v) is 20.1. The maximum Gasteiger partial charge on any atom is 0.191 e. The maximum absolute atomic E-state index is 6.05. The van der Waals surface area contributed by atoms with Crippen LogP contribution in [-0.2, 0) is 13.0 Å². The van der Waals surface area contributed by atoms with Gasteiger partial charge in [-0.2, -0.15) is 0 Å². The second-order valence-electron chi connectivity index (χ2n) is 7.20. The lowest BCUT2D eigenvalue weighted by Gasteiger charge is -2.15. The van der Waals surface area contributed by atoms with E-state index >= 15 is 0 Å². The molecule has 0 amide bonds. The zero-order valence-electron chi connectivity index (χ0n) is 17.0. The van der Waals surface area contributed by atoms with Gasteiger partial charge in [0.05, 0.1) is 11.6 Å². The van der Waals surface area contributed by atoms with Crippen LogP contribution >= 0.6 is 35.3 Å². The molecule has 0 aliphatic heterocycles. The summed E-state index contributed by atoms with van der Waals surface area (Å²) in [6.07, 6.45) is 4.64. The number of nitrogens with one attached hydrogen (secondary N) is 2. The Bertz CT molecular complexity index is 774. The summed E-state index contributed by atoms with van der Waals surface area (Å²) >= 11 is 1.74. The van der Waals surface area contributed by atoms with Crippen LogP contribution in [0.3, 0.4) is 0 Å². The lowest BCUT2D eigenvalue weighted by atomic mass is 10.1. The lowest BCUT2D eigenvalue weighted by molar-refractivity contribution is 0.296. The molecule has 1 fully saturated rings. The summed E-state index contributed by atoms with van der Waals surface area (Å²) in [6.45, 7) is 6.55. The van der Waals surface area contributed by atoms with Crippen LogP contribution in [0.4, 0.5) is 0 Å². The number of hydrogen-bond donors (Lipinski definition) is 2. The van der Waals surface area contributed by atoms with Gasteiger partial charge in [-0.05, 0) is 50.7 Å². The summed E-state index contributed by atoms with van der Waals surface area (Å²) in [4.78, 5) is 8.83. The fourth-order valence-corrected chi connectivity index (χ4v) is 3.62. The smallest absolute Gasteiger partial charge is 0.191 e. The Labute approximate surface area is 189 Å². The molecule has 0 radical (unpaired) electrons. The third-order valence-electron chi connectivity index (χ3n) is 4.59. The number of hydrogen-bond acceptors (Lipinski definition) is 4. The first-order chi connectivity index (χ1) is 13.1. The van der Waals surface area contributed by atoms with E-state index in [9.17, 15) is 0 Å². The molecule has 28 heavy (non-hydrogen) atoms. The molecule has 2 aromatic rings. The number of rotatable bonds is 9. The van der Waals surface area contributed by atoms with Crippen molar-refractivity contribution in [3.05, 3.63) is 45.4 Å². The van der Waals surface area contributed by atoms with Crippen molar-refractivity contribution < 1.29 is 4.74 Å². The van der Waals surface area contributed by atoms with E-state index in [1.54, 1.807) is 18.4 Å². The van der Waals surface area contributed by atoms with Crippen LogP contribution in [0.2, 0.25) is 0 Å². The molecule has 0 bridgehead atoms. The average molecular weight is 514 g/mol. The number of halogens is 1. The fourth-order valence-electron chi connectivity index (χ4n) is 2.80. The first-order valence-corrected chi connectivity index (χ1v) is 10.6. The van der Waals surface area contributed by atoms with E-state index in [2.05, 4.69) is 51.1 Å². The van der Waals surface area contributed by atoms with Crippen molar-refractivity contribution in [2.24, 2.45) is 10.9 Å². The normalized spacial score (nSPS) is 13.8. The molecule has 1 aliphatic carbocycles. The summed E-state index contributed by atoms with van der Waals surface area (Å²) < 4.78 is 6.05. The van der Waals surface area contributed by atoms with Crippen LogP contribution in [0.25, 0.3) is 0 Å². The van der Waals surface area contributed by atoms with Crippen molar-refractivity contribution in [1.82, 2.24) is 15.6 Å². The van der Waals surface area contributed by atoms with E-state index in [1.165, 1.54) is 29.0 Å². The molecule has 5 nitrogen and oxygen atoms in total. The number of aliphatic imine (C=N–C) groups is 1. The largest absolute Gasteiger partial charge is 0.493 e. The first-order valence-electron chi connectivity index (χ1n) is 9.72. The fraction of sp³-hybridized carbons (Fsp3) is 0.524. The van der Waals surface area contributed by atoms with Crippen LogP contribution < -0.4 is 15.4 Å². The van der Waals surface area contributed by atoms with Gasteiger partial charge in [-0.15, -0.1) is 35.3 Å². The highest BCUT2D eigenvalue weighted by atomic mass is 127. The van der Waals surface area contributed by atoms with E-state index in [-0.39, 0.29) is 24.0 Å². The van der Waals surface area contributed by atoms with Gasteiger partial charge in [0.15, 0.2) is 5.96 Å². The van der Waals surface area contributed by atoms with E-state index in [1.807, 2.05) is 6.92 Å². The molecule has 1 aromatic heterocycles. The summed E-state index contributed by atoms with van der Waals surface area (Å²) in [7, 11) is 1.80. The predicted molar refractivity (Wildman–Crippen MR) is 128 cm³/mol. The Balaban J connectivity index is 0.00000280. The monoisotopic (exact) mass is 514 g/mol. The van der Waals surface area contributed by atoms with E-state index in [0.29, 0.717) is 6.54 Å². The Morgan fingerprint density at radius 3 is 2.79 bits per heavy atom. The number of guanidine groups is 1. The van der Waals surface area contributed by atoms with Gasteiger partial charge in [0, 0.05) is 43.2 Å². The third kappa shape index (κ3) is 7.58. The number of aromatic nitrogens is 1. The minimum absolute atomic E-state index is 0. The molecule has 2 N–H and O–H groups in total. The number of ether oxygens (including phenoxy) is 1. The average Bonchev–Trinajstić information content (AvgIpc) is 3.40. The highest BCUT2D eigenvalue weighted by molar-refractivity contribution is 14.0. The number of benzene rings is 1. The Kier molecular flexibility index (Phi) is 9.50. The molecule has 1 heterocycles. The summed E-state index contributed by atoms with van der Waals surface area (Å²) in [6, 6.07) is 6.40. The van der Waals surface area contributed by atoms with Gasteiger partial charge < -0.3 is 15.4 Å².